The number of carbonyl (C=O) groups excluding carboxylic acids is 2. The van der Waals surface area contributed by atoms with Crippen LogP contribution in [0.15, 0.2) is 0 Å². The van der Waals surface area contributed by atoms with Crippen LogP contribution in [0, 0.1) is 0 Å². The maximum atomic E-state index is 9.50. The second kappa shape index (κ2) is 4.58. The van der Waals surface area contributed by atoms with Crippen molar-refractivity contribution in [2.24, 2.45) is 5.90 Å². The van der Waals surface area contributed by atoms with E-state index < -0.39 is 11.9 Å². The van der Waals surface area contributed by atoms with Gasteiger partial charge >= 0.3 is 23.0 Å². The standard InChI is InChI=1S/C2H3NO4.Cu/c3-7-2(6)1(4)5;/h3H2,(H,4,5);/q;+1/p-1. The number of carboxylic acids is 1. The van der Waals surface area contributed by atoms with Crippen LogP contribution in [0.4, 0.5) is 0 Å². The van der Waals surface area contributed by atoms with Crippen LogP contribution in [-0.4, -0.2) is 11.9 Å². The maximum absolute atomic E-state index is 9.50. The van der Waals surface area contributed by atoms with Crippen molar-refractivity contribution in [1.82, 2.24) is 0 Å². The molecule has 0 radical (unpaired) electrons. The van der Waals surface area contributed by atoms with Crippen molar-refractivity contribution in [2.75, 3.05) is 0 Å². The van der Waals surface area contributed by atoms with E-state index in [2.05, 4.69) is 10.7 Å². The number of nitrogens with two attached hydrogens (primary N) is 1. The van der Waals surface area contributed by atoms with Crippen LogP contribution in [0.3, 0.4) is 0 Å². The van der Waals surface area contributed by atoms with Crippen molar-refractivity contribution in [3.63, 3.8) is 0 Å². The first-order valence-electron chi connectivity index (χ1n) is 1.30. The summed E-state index contributed by atoms with van der Waals surface area (Å²) in [4.78, 5) is 22.0. The zero-order chi connectivity index (χ0) is 5.86. The van der Waals surface area contributed by atoms with Gasteiger partial charge in [0.25, 0.3) is 0 Å². The van der Waals surface area contributed by atoms with Gasteiger partial charge in [0.05, 0.1) is 0 Å². The van der Waals surface area contributed by atoms with Crippen molar-refractivity contribution >= 4 is 11.9 Å². The second-order valence-corrected chi connectivity index (χ2v) is 0.693. The summed E-state index contributed by atoms with van der Waals surface area (Å²) in [6.45, 7) is 0. The summed E-state index contributed by atoms with van der Waals surface area (Å²) >= 11 is 0. The van der Waals surface area contributed by atoms with Crippen LogP contribution in [-0.2, 0) is 31.5 Å². The van der Waals surface area contributed by atoms with Crippen LogP contribution in [0.2, 0.25) is 0 Å². The molecule has 0 aliphatic rings. The molecule has 0 saturated carbocycles. The number of aliphatic carboxylic acids is 1. The van der Waals surface area contributed by atoms with Crippen molar-refractivity contribution in [1.29, 1.82) is 0 Å². The van der Waals surface area contributed by atoms with Crippen molar-refractivity contribution < 1.29 is 36.6 Å². The SMILES string of the molecule is NOC(=O)C(=O)[O-].[Cu+]. The summed E-state index contributed by atoms with van der Waals surface area (Å²) in [6.07, 6.45) is 0. The Hall–Kier alpha value is -0.581. The van der Waals surface area contributed by atoms with E-state index in [1.54, 1.807) is 0 Å². The normalized spacial score (nSPS) is 6.62. The third-order valence-corrected chi connectivity index (χ3v) is 0.274. The number of rotatable bonds is 0. The minimum Gasteiger partial charge on any atom is -0.539 e. The third-order valence-electron chi connectivity index (χ3n) is 0.274. The summed E-state index contributed by atoms with van der Waals surface area (Å²) in [5, 5.41) is 9.26. The monoisotopic (exact) mass is 167 g/mol. The van der Waals surface area contributed by atoms with Gasteiger partial charge in [0.1, 0.15) is 0 Å². The average Bonchev–Trinajstić information content (AvgIpc) is 1.65. The van der Waals surface area contributed by atoms with Gasteiger partial charge in [-0.05, 0) is 0 Å². The van der Waals surface area contributed by atoms with Gasteiger partial charge in [0.2, 0.25) is 0 Å². The maximum Gasteiger partial charge on any atom is 1.00 e. The molecular formula is C2H2CuNO4. The smallest absolute Gasteiger partial charge is 0.539 e. The van der Waals surface area contributed by atoms with Gasteiger partial charge in [0, 0.05) is 0 Å². The van der Waals surface area contributed by atoms with Gasteiger partial charge in [-0.3, -0.25) is 0 Å². The molecule has 0 spiro atoms. The molecule has 0 amide bonds. The van der Waals surface area contributed by atoms with E-state index in [1.807, 2.05) is 0 Å². The molecule has 50 valence electrons. The summed E-state index contributed by atoms with van der Waals surface area (Å²) in [7, 11) is 0. The Kier molecular flexibility index (Phi) is 5.95. The molecule has 0 fully saturated rings. The molecular weight excluding hydrogens is 166 g/mol. The molecule has 0 atom stereocenters. The molecule has 0 unspecified atom stereocenters. The first-order valence-corrected chi connectivity index (χ1v) is 1.30. The molecule has 0 aromatic heterocycles. The Balaban J connectivity index is 0. The van der Waals surface area contributed by atoms with Gasteiger partial charge in [0.15, 0.2) is 5.97 Å². The fraction of sp³-hybridized carbons (Fsp3) is 0. The Labute approximate surface area is 55.2 Å². The van der Waals surface area contributed by atoms with E-state index in [4.69, 9.17) is 0 Å². The minimum atomic E-state index is -1.94. The van der Waals surface area contributed by atoms with E-state index >= 15 is 0 Å². The number of carboxylic acid groups (broad SMARTS) is 1. The topological polar surface area (TPSA) is 92.5 Å². The van der Waals surface area contributed by atoms with E-state index in [0.717, 1.165) is 0 Å². The molecule has 8 heavy (non-hydrogen) atoms. The minimum absolute atomic E-state index is 0. The Morgan fingerprint density at radius 1 is 1.50 bits per heavy atom. The number of hydrogen-bond donors (Lipinski definition) is 1. The predicted molar refractivity (Wildman–Crippen MR) is 15.3 cm³/mol. The predicted octanol–water partition coefficient (Wildman–Crippen LogP) is -2.85. The molecule has 0 saturated heterocycles. The first kappa shape index (κ1) is 10.4. The first-order chi connectivity index (χ1) is 3.18. The van der Waals surface area contributed by atoms with Gasteiger partial charge in [-0.2, -0.15) is 5.90 Å². The largest absolute Gasteiger partial charge is 1.00 e. The summed E-state index contributed by atoms with van der Waals surface area (Å²) in [6, 6.07) is 0. The molecule has 0 aliphatic carbocycles. The summed E-state index contributed by atoms with van der Waals surface area (Å²) in [5.74, 6) is 0.591. The Morgan fingerprint density at radius 3 is 1.88 bits per heavy atom. The fourth-order valence-corrected chi connectivity index (χ4v) is 0.0481. The summed E-state index contributed by atoms with van der Waals surface area (Å²) in [5.41, 5.74) is 0. The summed E-state index contributed by atoms with van der Waals surface area (Å²) < 4.78 is 0. The van der Waals surface area contributed by atoms with Gasteiger partial charge in [-0.1, -0.05) is 0 Å². The van der Waals surface area contributed by atoms with E-state index in [9.17, 15) is 14.7 Å². The molecule has 0 aromatic rings. The molecule has 0 rings (SSSR count). The molecule has 2 N–H and O–H groups in total. The van der Waals surface area contributed by atoms with Gasteiger partial charge < -0.3 is 14.7 Å². The second-order valence-electron chi connectivity index (χ2n) is 0.693. The van der Waals surface area contributed by atoms with Crippen molar-refractivity contribution in [2.45, 2.75) is 0 Å². The quantitative estimate of drug-likeness (QED) is 0.238. The third kappa shape index (κ3) is 3.60. The van der Waals surface area contributed by atoms with Crippen LogP contribution < -0.4 is 11.0 Å². The van der Waals surface area contributed by atoms with E-state index in [1.165, 1.54) is 0 Å². The number of hydrogen-bond acceptors (Lipinski definition) is 5. The zero-order valence-corrected chi connectivity index (χ0v) is 4.45. The van der Waals surface area contributed by atoms with Gasteiger partial charge in [-0.25, -0.2) is 4.79 Å². The van der Waals surface area contributed by atoms with Crippen molar-refractivity contribution in [3.8, 4) is 0 Å². The number of carbonyl (C=O) groups is 2. The molecule has 5 nitrogen and oxygen atoms in total. The van der Waals surface area contributed by atoms with Crippen LogP contribution in [0.25, 0.3) is 0 Å². The van der Waals surface area contributed by atoms with E-state index in [0.29, 0.717) is 0 Å². The molecule has 0 bridgehead atoms. The molecule has 0 heterocycles. The molecule has 0 aromatic carbocycles. The zero-order valence-electron chi connectivity index (χ0n) is 3.51. The van der Waals surface area contributed by atoms with Crippen LogP contribution in [0.5, 0.6) is 0 Å². The Bertz CT molecular complexity index is 102. The Morgan fingerprint density at radius 2 is 1.88 bits per heavy atom. The van der Waals surface area contributed by atoms with E-state index in [-0.39, 0.29) is 17.1 Å². The van der Waals surface area contributed by atoms with Crippen molar-refractivity contribution in [3.05, 3.63) is 0 Å². The fourth-order valence-electron chi connectivity index (χ4n) is 0.0481. The van der Waals surface area contributed by atoms with Crippen LogP contribution >= 0.6 is 0 Å². The molecule has 0 aliphatic heterocycles. The molecule has 6 heteroatoms. The van der Waals surface area contributed by atoms with Crippen LogP contribution in [0.1, 0.15) is 0 Å². The average molecular weight is 168 g/mol. The van der Waals surface area contributed by atoms with Gasteiger partial charge in [-0.15, -0.1) is 0 Å².